The molecule has 1 rings (SSSR count). The zero-order valence-electron chi connectivity index (χ0n) is 8.22. The van der Waals surface area contributed by atoms with E-state index in [1.807, 2.05) is 31.2 Å². The van der Waals surface area contributed by atoms with Gasteiger partial charge in [0.25, 0.3) is 0 Å². The van der Waals surface area contributed by atoms with Crippen molar-refractivity contribution in [1.29, 1.82) is 0 Å². The van der Waals surface area contributed by atoms with Gasteiger partial charge in [-0.1, -0.05) is 35.0 Å². The smallest absolute Gasteiger partial charge is 0.164 e. The second kappa shape index (κ2) is 5.94. The molecule has 0 bridgehead atoms. The van der Waals surface area contributed by atoms with E-state index in [0.29, 0.717) is 6.42 Å². The van der Waals surface area contributed by atoms with Gasteiger partial charge in [0, 0.05) is 23.0 Å². The summed E-state index contributed by atoms with van der Waals surface area (Å²) in [6.45, 7) is 3.70. The Morgan fingerprint density at radius 1 is 1.36 bits per heavy atom. The molecule has 0 aliphatic heterocycles. The summed E-state index contributed by atoms with van der Waals surface area (Å²) in [6.07, 6.45) is 0.565. The Hall–Kier alpha value is -0.670. The fourth-order valence-corrected chi connectivity index (χ4v) is 1.42. The first-order valence-corrected chi connectivity index (χ1v) is 5.53. The maximum Gasteiger partial charge on any atom is 0.164 e. The number of carbonyl (C=O) groups is 1. The molecule has 0 amide bonds. The van der Waals surface area contributed by atoms with Crippen molar-refractivity contribution in [1.82, 2.24) is 5.32 Å². The van der Waals surface area contributed by atoms with Gasteiger partial charge in [0.05, 0.1) is 0 Å². The average Bonchev–Trinajstić information content (AvgIpc) is 2.19. The molecule has 0 aliphatic carbocycles. The molecule has 1 aromatic carbocycles. The molecule has 0 saturated carbocycles. The van der Waals surface area contributed by atoms with Crippen molar-refractivity contribution in [3.63, 3.8) is 0 Å². The summed E-state index contributed by atoms with van der Waals surface area (Å²) in [5, 5.41) is 3.13. The summed E-state index contributed by atoms with van der Waals surface area (Å²) in [7, 11) is 0. The van der Waals surface area contributed by atoms with E-state index in [2.05, 4.69) is 21.2 Å². The third-order valence-corrected chi connectivity index (χ3v) is 2.47. The summed E-state index contributed by atoms with van der Waals surface area (Å²) >= 11 is 3.33. The van der Waals surface area contributed by atoms with Gasteiger partial charge in [0.2, 0.25) is 0 Å². The minimum absolute atomic E-state index is 0.193. The van der Waals surface area contributed by atoms with E-state index in [0.717, 1.165) is 23.1 Å². The van der Waals surface area contributed by atoms with Crippen LogP contribution < -0.4 is 5.32 Å². The van der Waals surface area contributed by atoms with E-state index in [1.165, 1.54) is 0 Å². The van der Waals surface area contributed by atoms with Crippen LogP contribution in [0.15, 0.2) is 28.7 Å². The van der Waals surface area contributed by atoms with Crippen LogP contribution in [0.5, 0.6) is 0 Å². The standard InChI is InChI=1S/C11H14BrNO/c1-2-13-8-7-11(14)9-3-5-10(12)6-4-9/h3-6,13H,2,7-8H2,1H3. The van der Waals surface area contributed by atoms with Crippen LogP contribution in [0, 0.1) is 0 Å². The molecule has 0 spiro atoms. The van der Waals surface area contributed by atoms with Gasteiger partial charge in [-0.25, -0.2) is 0 Å². The number of halogens is 1. The van der Waals surface area contributed by atoms with Crippen LogP contribution in [0.2, 0.25) is 0 Å². The molecule has 0 unspecified atom stereocenters. The Kier molecular flexibility index (Phi) is 4.84. The van der Waals surface area contributed by atoms with Crippen molar-refractivity contribution in [2.75, 3.05) is 13.1 Å². The van der Waals surface area contributed by atoms with Crippen LogP contribution in [0.1, 0.15) is 23.7 Å². The van der Waals surface area contributed by atoms with Gasteiger partial charge in [-0.15, -0.1) is 0 Å². The van der Waals surface area contributed by atoms with E-state index in [4.69, 9.17) is 0 Å². The SMILES string of the molecule is CCNCCC(=O)c1ccc(Br)cc1. The molecular weight excluding hydrogens is 242 g/mol. The highest BCUT2D eigenvalue weighted by Crippen LogP contribution is 2.11. The third kappa shape index (κ3) is 3.60. The lowest BCUT2D eigenvalue weighted by Crippen LogP contribution is -2.17. The lowest BCUT2D eigenvalue weighted by Gasteiger charge is -2.01. The van der Waals surface area contributed by atoms with Crippen molar-refractivity contribution >= 4 is 21.7 Å². The lowest BCUT2D eigenvalue weighted by atomic mass is 10.1. The molecule has 2 nitrogen and oxygen atoms in total. The molecule has 1 N–H and O–H groups in total. The van der Waals surface area contributed by atoms with Crippen molar-refractivity contribution in [3.05, 3.63) is 34.3 Å². The summed E-state index contributed by atoms with van der Waals surface area (Å²) < 4.78 is 1.00. The summed E-state index contributed by atoms with van der Waals surface area (Å²) in [5.74, 6) is 0.193. The Morgan fingerprint density at radius 2 is 2.00 bits per heavy atom. The molecule has 0 aliphatic rings. The molecule has 76 valence electrons. The maximum absolute atomic E-state index is 11.6. The van der Waals surface area contributed by atoms with Crippen LogP contribution in [0.3, 0.4) is 0 Å². The predicted octanol–water partition coefficient (Wildman–Crippen LogP) is 2.63. The number of carbonyl (C=O) groups excluding carboxylic acids is 1. The normalized spacial score (nSPS) is 10.1. The topological polar surface area (TPSA) is 29.1 Å². The highest BCUT2D eigenvalue weighted by atomic mass is 79.9. The Balaban J connectivity index is 2.48. The van der Waals surface area contributed by atoms with Gasteiger partial charge >= 0.3 is 0 Å². The number of hydrogen-bond acceptors (Lipinski definition) is 2. The zero-order chi connectivity index (χ0) is 10.4. The third-order valence-electron chi connectivity index (χ3n) is 1.95. The average molecular weight is 256 g/mol. The number of benzene rings is 1. The van der Waals surface area contributed by atoms with Crippen LogP contribution >= 0.6 is 15.9 Å². The van der Waals surface area contributed by atoms with E-state index in [1.54, 1.807) is 0 Å². The van der Waals surface area contributed by atoms with Crippen molar-refractivity contribution < 1.29 is 4.79 Å². The lowest BCUT2D eigenvalue weighted by molar-refractivity contribution is 0.0983. The summed E-state index contributed by atoms with van der Waals surface area (Å²) in [6, 6.07) is 7.47. The minimum Gasteiger partial charge on any atom is -0.317 e. The second-order valence-corrected chi connectivity index (χ2v) is 3.95. The fourth-order valence-electron chi connectivity index (χ4n) is 1.16. The van der Waals surface area contributed by atoms with Gasteiger partial charge in [0.1, 0.15) is 0 Å². The molecule has 3 heteroatoms. The first-order chi connectivity index (χ1) is 6.74. The molecule has 0 fully saturated rings. The van der Waals surface area contributed by atoms with Crippen LogP contribution in [0.4, 0.5) is 0 Å². The summed E-state index contributed by atoms with van der Waals surface area (Å²) in [4.78, 5) is 11.6. The molecule has 0 saturated heterocycles. The largest absolute Gasteiger partial charge is 0.317 e. The molecular formula is C11H14BrNO. The number of ketones is 1. The molecule has 1 aromatic rings. The van der Waals surface area contributed by atoms with E-state index < -0.39 is 0 Å². The highest BCUT2D eigenvalue weighted by Gasteiger charge is 2.03. The minimum atomic E-state index is 0.193. The number of rotatable bonds is 5. The van der Waals surface area contributed by atoms with Gasteiger partial charge in [-0.3, -0.25) is 4.79 Å². The highest BCUT2D eigenvalue weighted by molar-refractivity contribution is 9.10. The fraction of sp³-hybridized carbons (Fsp3) is 0.364. The van der Waals surface area contributed by atoms with Gasteiger partial charge in [-0.2, -0.15) is 0 Å². The first kappa shape index (κ1) is 11.4. The predicted molar refractivity (Wildman–Crippen MR) is 61.6 cm³/mol. The van der Waals surface area contributed by atoms with Gasteiger partial charge < -0.3 is 5.32 Å². The van der Waals surface area contributed by atoms with E-state index >= 15 is 0 Å². The van der Waals surface area contributed by atoms with E-state index in [-0.39, 0.29) is 5.78 Å². The molecule has 14 heavy (non-hydrogen) atoms. The van der Waals surface area contributed by atoms with Crippen LogP contribution in [-0.4, -0.2) is 18.9 Å². The Morgan fingerprint density at radius 3 is 2.57 bits per heavy atom. The van der Waals surface area contributed by atoms with Gasteiger partial charge in [0.15, 0.2) is 5.78 Å². The first-order valence-electron chi connectivity index (χ1n) is 4.73. The van der Waals surface area contributed by atoms with Crippen molar-refractivity contribution in [2.45, 2.75) is 13.3 Å². The Bertz CT molecular complexity index is 295. The molecule has 0 radical (unpaired) electrons. The maximum atomic E-state index is 11.6. The quantitative estimate of drug-likeness (QED) is 0.648. The molecule has 0 aromatic heterocycles. The van der Waals surface area contributed by atoms with Crippen molar-refractivity contribution in [3.8, 4) is 0 Å². The van der Waals surface area contributed by atoms with Gasteiger partial charge in [-0.05, 0) is 18.7 Å². The monoisotopic (exact) mass is 255 g/mol. The zero-order valence-corrected chi connectivity index (χ0v) is 9.80. The van der Waals surface area contributed by atoms with E-state index in [9.17, 15) is 4.79 Å². The molecule has 0 atom stereocenters. The van der Waals surface area contributed by atoms with Crippen LogP contribution in [0.25, 0.3) is 0 Å². The summed E-state index contributed by atoms with van der Waals surface area (Å²) in [5.41, 5.74) is 0.783. The number of hydrogen-bond donors (Lipinski definition) is 1. The number of Topliss-reactive ketones (excluding diaryl/α,β-unsaturated/α-hetero) is 1. The Labute approximate surface area is 92.8 Å². The van der Waals surface area contributed by atoms with Crippen molar-refractivity contribution in [2.24, 2.45) is 0 Å². The second-order valence-electron chi connectivity index (χ2n) is 3.03. The number of nitrogens with one attached hydrogen (secondary N) is 1. The molecule has 0 heterocycles. The van der Waals surface area contributed by atoms with Crippen LogP contribution in [-0.2, 0) is 0 Å².